The molecule has 0 unspecified atom stereocenters. The second-order valence-electron chi connectivity index (χ2n) is 3.25. The zero-order valence-corrected chi connectivity index (χ0v) is 6.38. The SMILES string of the molecule is Cc1cccn1CC1CC1. The molecule has 54 valence electrons. The third-order valence-electron chi connectivity index (χ3n) is 2.21. The monoisotopic (exact) mass is 135 g/mol. The van der Waals surface area contributed by atoms with Crippen LogP contribution in [0, 0.1) is 12.8 Å². The summed E-state index contributed by atoms with van der Waals surface area (Å²) in [5.74, 6) is 0.992. The lowest BCUT2D eigenvalue weighted by Gasteiger charge is -2.02. The number of aryl methyl sites for hydroxylation is 1. The molecule has 1 fully saturated rings. The highest BCUT2D eigenvalue weighted by molar-refractivity contribution is 5.04. The quantitative estimate of drug-likeness (QED) is 0.586. The Morgan fingerprint density at radius 1 is 1.60 bits per heavy atom. The Morgan fingerprint density at radius 2 is 2.40 bits per heavy atom. The summed E-state index contributed by atoms with van der Waals surface area (Å²) in [6.45, 7) is 3.42. The van der Waals surface area contributed by atoms with Gasteiger partial charge in [0.05, 0.1) is 0 Å². The fourth-order valence-corrected chi connectivity index (χ4v) is 1.28. The summed E-state index contributed by atoms with van der Waals surface area (Å²) in [5, 5.41) is 0. The predicted octanol–water partition coefficient (Wildman–Crippen LogP) is 2.21. The van der Waals surface area contributed by atoms with E-state index in [-0.39, 0.29) is 0 Å². The van der Waals surface area contributed by atoms with Crippen LogP contribution in [0.4, 0.5) is 0 Å². The van der Waals surface area contributed by atoms with E-state index in [2.05, 4.69) is 29.8 Å². The molecule has 0 radical (unpaired) electrons. The van der Waals surface area contributed by atoms with E-state index in [4.69, 9.17) is 0 Å². The normalized spacial score (nSPS) is 17.7. The van der Waals surface area contributed by atoms with E-state index in [1.165, 1.54) is 25.1 Å². The van der Waals surface area contributed by atoms with Crippen LogP contribution in [-0.4, -0.2) is 4.57 Å². The summed E-state index contributed by atoms with van der Waals surface area (Å²) in [5.41, 5.74) is 1.40. The summed E-state index contributed by atoms with van der Waals surface area (Å²) in [7, 11) is 0. The number of nitrogens with zero attached hydrogens (tertiary/aromatic N) is 1. The van der Waals surface area contributed by atoms with Gasteiger partial charge in [-0.15, -0.1) is 0 Å². The maximum Gasteiger partial charge on any atom is 0.0250 e. The first-order chi connectivity index (χ1) is 4.86. The van der Waals surface area contributed by atoms with Crippen molar-refractivity contribution in [2.24, 2.45) is 5.92 Å². The van der Waals surface area contributed by atoms with E-state index in [0.29, 0.717) is 0 Å². The molecule has 0 amide bonds. The molecule has 0 aliphatic heterocycles. The standard InChI is InChI=1S/C9H13N/c1-8-3-2-6-10(8)7-9-4-5-9/h2-3,6,9H,4-5,7H2,1H3. The van der Waals surface area contributed by atoms with E-state index < -0.39 is 0 Å². The van der Waals surface area contributed by atoms with Gasteiger partial charge in [-0.3, -0.25) is 0 Å². The summed E-state index contributed by atoms with van der Waals surface area (Å²) < 4.78 is 2.34. The van der Waals surface area contributed by atoms with Crippen molar-refractivity contribution in [2.45, 2.75) is 26.3 Å². The van der Waals surface area contributed by atoms with Crippen molar-refractivity contribution in [2.75, 3.05) is 0 Å². The summed E-state index contributed by atoms with van der Waals surface area (Å²) in [4.78, 5) is 0. The molecule has 1 heterocycles. The highest BCUT2D eigenvalue weighted by atomic mass is 15.0. The molecule has 0 atom stereocenters. The molecular weight excluding hydrogens is 122 g/mol. The first-order valence-electron chi connectivity index (χ1n) is 3.98. The maximum absolute atomic E-state index is 2.34. The van der Waals surface area contributed by atoms with Gasteiger partial charge in [-0.2, -0.15) is 0 Å². The van der Waals surface area contributed by atoms with Crippen LogP contribution < -0.4 is 0 Å². The Labute approximate surface area is 61.7 Å². The van der Waals surface area contributed by atoms with Crippen LogP contribution in [0.25, 0.3) is 0 Å². The molecule has 1 heteroatoms. The van der Waals surface area contributed by atoms with Crippen molar-refractivity contribution in [3.8, 4) is 0 Å². The van der Waals surface area contributed by atoms with Gasteiger partial charge in [0, 0.05) is 18.4 Å². The molecule has 0 bridgehead atoms. The lowest BCUT2D eigenvalue weighted by molar-refractivity contribution is 0.616. The van der Waals surface area contributed by atoms with Gasteiger partial charge in [0.1, 0.15) is 0 Å². The van der Waals surface area contributed by atoms with Gasteiger partial charge in [-0.05, 0) is 37.8 Å². The smallest absolute Gasteiger partial charge is 0.0250 e. The maximum atomic E-state index is 2.34. The van der Waals surface area contributed by atoms with Crippen LogP contribution in [0.5, 0.6) is 0 Å². The molecule has 0 saturated heterocycles. The topological polar surface area (TPSA) is 4.93 Å². The van der Waals surface area contributed by atoms with Gasteiger partial charge < -0.3 is 4.57 Å². The Morgan fingerprint density at radius 3 is 2.90 bits per heavy atom. The van der Waals surface area contributed by atoms with Crippen molar-refractivity contribution in [1.82, 2.24) is 4.57 Å². The van der Waals surface area contributed by atoms with Crippen LogP contribution in [0.3, 0.4) is 0 Å². The van der Waals surface area contributed by atoms with Crippen LogP contribution in [0.2, 0.25) is 0 Å². The highest BCUT2D eigenvalue weighted by Crippen LogP contribution is 2.30. The zero-order chi connectivity index (χ0) is 6.97. The minimum atomic E-state index is 0.992. The molecule has 1 saturated carbocycles. The Hall–Kier alpha value is -0.720. The van der Waals surface area contributed by atoms with Crippen LogP contribution in [-0.2, 0) is 6.54 Å². The lowest BCUT2D eigenvalue weighted by atomic mass is 10.4. The molecule has 10 heavy (non-hydrogen) atoms. The second-order valence-corrected chi connectivity index (χ2v) is 3.25. The molecule has 1 aliphatic carbocycles. The average molecular weight is 135 g/mol. The first-order valence-corrected chi connectivity index (χ1v) is 3.98. The minimum absolute atomic E-state index is 0.992. The van der Waals surface area contributed by atoms with Crippen LogP contribution >= 0.6 is 0 Å². The average Bonchev–Trinajstić information content (AvgIpc) is 2.62. The summed E-state index contributed by atoms with van der Waals surface area (Å²) >= 11 is 0. The van der Waals surface area contributed by atoms with E-state index >= 15 is 0 Å². The largest absolute Gasteiger partial charge is 0.351 e. The number of hydrogen-bond donors (Lipinski definition) is 0. The van der Waals surface area contributed by atoms with Gasteiger partial charge in [0.25, 0.3) is 0 Å². The van der Waals surface area contributed by atoms with Crippen molar-refractivity contribution in [3.63, 3.8) is 0 Å². The summed E-state index contributed by atoms with van der Waals surface area (Å²) in [6.07, 6.45) is 5.06. The van der Waals surface area contributed by atoms with E-state index in [0.717, 1.165) is 5.92 Å². The fourth-order valence-electron chi connectivity index (χ4n) is 1.28. The second kappa shape index (κ2) is 2.15. The lowest BCUT2D eigenvalue weighted by Crippen LogP contribution is -1.98. The molecule has 2 rings (SSSR count). The Balaban J connectivity index is 2.08. The van der Waals surface area contributed by atoms with Crippen molar-refractivity contribution in [3.05, 3.63) is 24.0 Å². The molecule has 0 aromatic carbocycles. The van der Waals surface area contributed by atoms with Crippen molar-refractivity contribution >= 4 is 0 Å². The Kier molecular flexibility index (Phi) is 1.30. The predicted molar refractivity (Wildman–Crippen MR) is 41.9 cm³/mol. The van der Waals surface area contributed by atoms with E-state index in [1.54, 1.807) is 0 Å². The zero-order valence-electron chi connectivity index (χ0n) is 6.38. The molecule has 0 N–H and O–H groups in total. The summed E-state index contributed by atoms with van der Waals surface area (Å²) in [6, 6.07) is 4.29. The molecule has 1 aliphatic rings. The Bertz CT molecular complexity index is 220. The highest BCUT2D eigenvalue weighted by Gasteiger charge is 2.21. The van der Waals surface area contributed by atoms with Gasteiger partial charge in [-0.1, -0.05) is 0 Å². The van der Waals surface area contributed by atoms with Crippen molar-refractivity contribution in [1.29, 1.82) is 0 Å². The van der Waals surface area contributed by atoms with Gasteiger partial charge in [0.2, 0.25) is 0 Å². The first kappa shape index (κ1) is 6.02. The number of rotatable bonds is 2. The third kappa shape index (κ3) is 1.08. The number of aromatic nitrogens is 1. The van der Waals surface area contributed by atoms with Gasteiger partial charge in [-0.25, -0.2) is 0 Å². The van der Waals surface area contributed by atoms with E-state index in [9.17, 15) is 0 Å². The van der Waals surface area contributed by atoms with E-state index in [1.807, 2.05) is 0 Å². The number of hydrogen-bond acceptors (Lipinski definition) is 0. The van der Waals surface area contributed by atoms with Gasteiger partial charge >= 0.3 is 0 Å². The third-order valence-corrected chi connectivity index (χ3v) is 2.21. The van der Waals surface area contributed by atoms with Gasteiger partial charge in [0.15, 0.2) is 0 Å². The molecule has 1 aromatic rings. The minimum Gasteiger partial charge on any atom is -0.351 e. The fraction of sp³-hybridized carbons (Fsp3) is 0.556. The van der Waals surface area contributed by atoms with Crippen LogP contribution in [0.15, 0.2) is 18.3 Å². The molecule has 1 nitrogen and oxygen atoms in total. The molecule has 1 aromatic heterocycles. The van der Waals surface area contributed by atoms with Crippen LogP contribution in [0.1, 0.15) is 18.5 Å². The van der Waals surface area contributed by atoms with Crippen molar-refractivity contribution < 1.29 is 0 Å². The molecule has 0 spiro atoms. The molecular formula is C9H13N.